The highest BCUT2D eigenvalue weighted by Gasteiger charge is 2.31. The Morgan fingerprint density at radius 1 is 1.04 bits per heavy atom. The van der Waals surface area contributed by atoms with E-state index in [1.54, 1.807) is 47.8 Å². The summed E-state index contributed by atoms with van der Waals surface area (Å²) < 4.78 is 52.6. The first-order chi connectivity index (χ1) is 11.4. The summed E-state index contributed by atoms with van der Waals surface area (Å²) in [7, 11) is -7.15. The fourth-order valence-electron chi connectivity index (χ4n) is 2.25. The predicted molar refractivity (Wildman–Crippen MR) is 97.4 cm³/mol. The third-order valence-electron chi connectivity index (χ3n) is 3.58. The van der Waals surface area contributed by atoms with Gasteiger partial charge in [-0.05, 0) is 23.4 Å². The van der Waals surface area contributed by atoms with Crippen LogP contribution in [0.1, 0.15) is 30.6 Å². The number of sulfone groups is 1. The highest BCUT2D eigenvalue weighted by Crippen LogP contribution is 2.31. The first kappa shape index (κ1) is 19.1. The minimum absolute atomic E-state index is 0.00403. The van der Waals surface area contributed by atoms with Crippen LogP contribution in [0.25, 0.3) is 0 Å². The van der Waals surface area contributed by atoms with Crippen molar-refractivity contribution in [2.24, 2.45) is 0 Å². The van der Waals surface area contributed by atoms with Gasteiger partial charge in [-0.3, -0.25) is 0 Å². The molecule has 0 saturated carbocycles. The number of thiophene rings is 1. The number of sulfonamides is 1. The van der Waals surface area contributed by atoms with E-state index in [0.29, 0.717) is 12.0 Å². The van der Waals surface area contributed by atoms with Crippen LogP contribution in [0.5, 0.6) is 0 Å². The van der Waals surface area contributed by atoms with Crippen LogP contribution >= 0.6 is 11.3 Å². The van der Waals surface area contributed by atoms with Crippen LogP contribution in [0.4, 0.5) is 0 Å². The summed E-state index contributed by atoms with van der Waals surface area (Å²) in [5.41, 5.74) is 0.573. The number of rotatable bonds is 9. The average molecular weight is 388 g/mol. The zero-order valence-electron chi connectivity index (χ0n) is 13.4. The molecule has 0 aliphatic heterocycles. The Balaban J connectivity index is 2.29. The molecule has 0 unspecified atom stereocenters. The topological polar surface area (TPSA) is 80.3 Å². The quantitative estimate of drug-likeness (QED) is 0.717. The van der Waals surface area contributed by atoms with Crippen LogP contribution in [0, 0.1) is 0 Å². The summed E-state index contributed by atoms with van der Waals surface area (Å²) in [4.78, 5) is 0. The van der Waals surface area contributed by atoms with Crippen molar-refractivity contribution in [3.05, 3.63) is 53.4 Å². The van der Waals surface area contributed by atoms with Crippen LogP contribution in [-0.4, -0.2) is 29.1 Å². The van der Waals surface area contributed by atoms with E-state index in [1.807, 2.05) is 6.92 Å². The molecule has 24 heavy (non-hydrogen) atoms. The maximum Gasteiger partial charge on any atom is 0.211 e. The molecule has 0 aliphatic rings. The molecular weight excluding hydrogens is 366 g/mol. The molecule has 0 bridgehead atoms. The number of hydrogen-bond acceptors (Lipinski definition) is 5. The Morgan fingerprint density at radius 2 is 1.75 bits per heavy atom. The first-order valence-electron chi connectivity index (χ1n) is 7.66. The Morgan fingerprint density at radius 3 is 2.33 bits per heavy atom. The van der Waals surface area contributed by atoms with Crippen LogP contribution in [0.3, 0.4) is 0 Å². The summed E-state index contributed by atoms with van der Waals surface area (Å²) in [5, 5.41) is 0.745. The van der Waals surface area contributed by atoms with E-state index in [-0.39, 0.29) is 16.5 Å². The lowest BCUT2D eigenvalue weighted by atomic mass is 10.1. The summed E-state index contributed by atoms with van der Waals surface area (Å²) in [6.45, 7) is 1.74. The van der Waals surface area contributed by atoms with Crippen LogP contribution < -0.4 is 4.72 Å². The molecule has 1 heterocycles. The molecule has 1 atom stereocenters. The summed E-state index contributed by atoms with van der Waals surface area (Å²) >= 11 is 1.13. The molecule has 132 valence electrons. The minimum Gasteiger partial charge on any atom is -0.222 e. The molecule has 2 rings (SSSR count). The van der Waals surface area contributed by atoms with Gasteiger partial charge >= 0.3 is 0 Å². The van der Waals surface area contributed by atoms with Gasteiger partial charge in [0.25, 0.3) is 0 Å². The lowest BCUT2D eigenvalue weighted by Crippen LogP contribution is -2.33. The second-order valence-corrected chi connectivity index (χ2v) is 10.6. The molecular formula is C16H21NO4S3. The molecule has 8 heteroatoms. The molecule has 0 aliphatic carbocycles. The molecule has 5 nitrogen and oxygen atoms in total. The molecule has 0 amide bonds. The lowest BCUT2D eigenvalue weighted by Gasteiger charge is -2.18. The Kier molecular flexibility index (Phi) is 6.56. The summed E-state index contributed by atoms with van der Waals surface area (Å²) in [5.74, 6) is 0.00403. The van der Waals surface area contributed by atoms with E-state index >= 15 is 0 Å². The number of benzene rings is 1. The molecule has 1 N–H and O–H groups in total. The minimum atomic E-state index is -3.66. The van der Waals surface area contributed by atoms with Crippen molar-refractivity contribution in [3.8, 4) is 0 Å². The van der Waals surface area contributed by atoms with Gasteiger partial charge in [0, 0.05) is 6.54 Å². The van der Waals surface area contributed by atoms with Gasteiger partial charge in [-0.2, -0.15) is 0 Å². The van der Waals surface area contributed by atoms with Crippen molar-refractivity contribution in [3.63, 3.8) is 0 Å². The smallest absolute Gasteiger partial charge is 0.211 e. The molecule has 0 saturated heterocycles. The van der Waals surface area contributed by atoms with Crippen LogP contribution in [0.2, 0.25) is 0 Å². The summed E-state index contributed by atoms with van der Waals surface area (Å²) in [6, 6.07) is 11.9. The van der Waals surface area contributed by atoms with E-state index in [4.69, 9.17) is 0 Å². The fraction of sp³-hybridized carbons (Fsp3) is 0.375. The van der Waals surface area contributed by atoms with E-state index in [1.165, 1.54) is 0 Å². The molecule has 0 fully saturated rings. The second kappa shape index (κ2) is 8.24. The molecule has 2 aromatic rings. The van der Waals surface area contributed by atoms with E-state index in [2.05, 4.69) is 4.72 Å². The maximum absolute atomic E-state index is 12.9. The monoisotopic (exact) mass is 387 g/mol. The van der Waals surface area contributed by atoms with Crippen molar-refractivity contribution < 1.29 is 16.8 Å². The van der Waals surface area contributed by atoms with Crippen molar-refractivity contribution in [2.45, 2.75) is 29.2 Å². The molecule has 1 aromatic heterocycles. The Labute approximate surface area is 147 Å². The van der Waals surface area contributed by atoms with Crippen LogP contribution in [0.15, 0.2) is 52.1 Å². The normalized spacial score (nSPS) is 13.7. The third-order valence-corrected chi connectivity index (χ3v) is 8.54. The maximum atomic E-state index is 12.9. The van der Waals surface area contributed by atoms with Gasteiger partial charge in [-0.25, -0.2) is 21.6 Å². The third kappa shape index (κ3) is 4.89. The van der Waals surface area contributed by atoms with E-state index in [0.717, 1.165) is 17.8 Å². The highest BCUT2D eigenvalue weighted by molar-refractivity contribution is 7.93. The van der Waals surface area contributed by atoms with Crippen molar-refractivity contribution >= 4 is 31.2 Å². The van der Waals surface area contributed by atoms with Gasteiger partial charge in [-0.15, -0.1) is 11.3 Å². The van der Waals surface area contributed by atoms with Gasteiger partial charge in [0.15, 0.2) is 9.84 Å². The SMILES string of the molecule is CCCCS(=O)(=O)NC[C@@H](c1ccccc1)S(=O)(=O)c1cccs1. The van der Waals surface area contributed by atoms with Crippen molar-refractivity contribution in [1.29, 1.82) is 0 Å². The summed E-state index contributed by atoms with van der Waals surface area (Å²) in [6.07, 6.45) is 1.31. The predicted octanol–water partition coefficient (Wildman–Crippen LogP) is 2.98. The van der Waals surface area contributed by atoms with E-state index < -0.39 is 25.1 Å². The molecule has 1 aromatic carbocycles. The standard InChI is InChI=1S/C16H21NO4S3/c1-2-3-12-23(18,19)17-13-15(14-8-5-4-6-9-14)24(20,21)16-10-7-11-22-16/h4-11,15,17H,2-3,12-13H2,1H3/t15-/m0/s1. The molecule has 0 spiro atoms. The van der Waals surface area contributed by atoms with E-state index in [9.17, 15) is 16.8 Å². The lowest BCUT2D eigenvalue weighted by molar-refractivity contribution is 0.568. The number of hydrogen-bond donors (Lipinski definition) is 1. The zero-order chi connectivity index (χ0) is 17.6. The van der Waals surface area contributed by atoms with Gasteiger partial charge in [0.2, 0.25) is 10.0 Å². The first-order valence-corrected chi connectivity index (χ1v) is 11.7. The van der Waals surface area contributed by atoms with Crippen molar-refractivity contribution in [2.75, 3.05) is 12.3 Å². The van der Waals surface area contributed by atoms with Gasteiger partial charge in [0.1, 0.15) is 9.46 Å². The largest absolute Gasteiger partial charge is 0.222 e. The molecule has 0 radical (unpaired) electrons. The Hall–Kier alpha value is -1.22. The zero-order valence-corrected chi connectivity index (χ0v) is 15.8. The van der Waals surface area contributed by atoms with Gasteiger partial charge in [-0.1, -0.05) is 49.7 Å². The Bertz CT molecular complexity index is 829. The van der Waals surface area contributed by atoms with Crippen LogP contribution in [-0.2, 0) is 19.9 Å². The average Bonchev–Trinajstić information content (AvgIpc) is 3.09. The second-order valence-electron chi connectivity index (χ2n) is 5.40. The van der Waals surface area contributed by atoms with Crippen molar-refractivity contribution in [1.82, 2.24) is 4.72 Å². The number of unbranched alkanes of at least 4 members (excludes halogenated alkanes) is 1. The van der Waals surface area contributed by atoms with Gasteiger partial charge in [0.05, 0.1) is 5.75 Å². The highest BCUT2D eigenvalue weighted by atomic mass is 32.2. The fourth-order valence-corrected chi connectivity index (χ4v) is 6.46. The number of nitrogens with one attached hydrogen (secondary N) is 1. The van der Waals surface area contributed by atoms with Gasteiger partial charge < -0.3 is 0 Å².